The van der Waals surface area contributed by atoms with Crippen LogP contribution < -0.4 is 5.73 Å². The molecule has 2 aromatic rings. The van der Waals surface area contributed by atoms with E-state index in [1.54, 1.807) is 6.07 Å². The third kappa shape index (κ3) is 3.51. The molecule has 0 spiro atoms. The maximum absolute atomic E-state index is 13.5. The lowest BCUT2D eigenvalue weighted by Crippen LogP contribution is -2.18. The van der Waals surface area contributed by atoms with Gasteiger partial charge in [-0.15, -0.1) is 0 Å². The van der Waals surface area contributed by atoms with E-state index in [1.165, 1.54) is 6.07 Å². The molecule has 0 aliphatic carbocycles. The average molecular weight is 262 g/mol. The molecule has 0 unspecified atom stereocenters. The first-order valence-corrected chi connectivity index (χ1v) is 6.02. The number of nitrogens with two attached hydrogens (primary N) is 1. The number of hydrogen-bond acceptors (Lipinski definition) is 2. The van der Waals surface area contributed by atoms with Gasteiger partial charge in [-0.2, -0.15) is 0 Å². The van der Waals surface area contributed by atoms with Crippen LogP contribution >= 0.6 is 0 Å². The van der Waals surface area contributed by atoms with Gasteiger partial charge in [0.1, 0.15) is 0 Å². The predicted molar refractivity (Wildman–Crippen MR) is 72.4 cm³/mol. The standard InChI is InChI=1S/C15H16F2N2/c1-19(9-11-4-2-6-13(18)8-11)10-12-5-3-7-14(16)15(12)17/h2-8H,9-10,18H2,1H3. The van der Waals surface area contributed by atoms with Crippen LogP contribution in [0.5, 0.6) is 0 Å². The minimum atomic E-state index is -0.810. The van der Waals surface area contributed by atoms with Crippen molar-refractivity contribution in [2.75, 3.05) is 12.8 Å². The summed E-state index contributed by atoms with van der Waals surface area (Å²) in [7, 11) is 1.85. The molecule has 4 heteroatoms. The maximum Gasteiger partial charge on any atom is 0.163 e. The minimum Gasteiger partial charge on any atom is -0.399 e. The highest BCUT2D eigenvalue weighted by molar-refractivity contribution is 5.40. The number of benzene rings is 2. The highest BCUT2D eigenvalue weighted by atomic mass is 19.2. The van der Waals surface area contributed by atoms with Crippen LogP contribution in [0.1, 0.15) is 11.1 Å². The summed E-state index contributed by atoms with van der Waals surface area (Å²) >= 11 is 0. The first-order valence-electron chi connectivity index (χ1n) is 6.02. The van der Waals surface area contributed by atoms with Gasteiger partial charge in [-0.1, -0.05) is 24.3 Å². The second-order valence-corrected chi connectivity index (χ2v) is 4.63. The molecule has 0 bridgehead atoms. The van der Waals surface area contributed by atoms with Crippen LogP contribution in [-0.2, 0) is 13.1 Å². The lowest BCUT2D eigenvalue weighted by atomic mass is 10.1. The van der Waals surface area contributed by atoms with E-state index in [0.29, 0.717) is 24.3 Å². The normalized spacial score (nSPS) is 10.9. The summed E-state index contributed by atoms with van der Waals surface area (Å²) < 4.78 is 26.6. The molecule has 0 aliphatic rings. The van der Waals surface area contributed by atoms with Crippen molar-refractivity contribution in [1.29, 1.82) is 0 Å². The minimum absolute atomic E-state index is 0.346. The van der Waals surface area contributed by atoms with Crippen molar-refractivity contribution in [3.05, 3.63) is 65.2 Å². The van der Waals surface area contributed by atoms with Crippen LogP contribution in [0.3, 0.4) is 0 Å². The smallest absolute Gasteiger partial charge is 0.163 e. The molecule has 0 saturated heterocycles. The third-order valence-electron chi connectivity index (χ3n) is 2.88. The van der Waals surface area contributed by atoms with Crippen LogP contribution in [0.2, 0.25) is 0 Å². The van der Waals surface area contributed by atoms with Crippen molar-refractivity contribution < 1.29 is 8.78 Å². The molecular weight excluding hydrogens is 246 g/mol. The Balaban J connectivity index is 2.05. The van der Waals surface area contributed by atoms with Crippen LogP contribution in [0.4, 0.5) is 14.5 Å². The van der Waals surface area contributed by atoms with Gasteiger partial charge in [-0.05, 0) is 30.8 Å². The summed E-state index contributed by atoms with van der Waals surface area (Å²) in [6.45, 7) is 0.972. The van der Waals surface area contributed by atoms with Gasteiger partial charge in [-0.25, -0.2) is 8.78 Å². The zero-order valence-electron chi connectivity index (χ0n) is 10.7. The van der Waals surface area contributed by atoms with Gasteiger partial charge in [0.2, 0.25) is 0 Å². The van der Waals surface area contributed by atoms with Crippen molar-refractivity contribution in [2.45, 2.75) is 13.1 Å². The zero-order valence-corrected chi connectivity index (χ0v) is 10.7. The molecular formula is C15H16F2N2. The first-order chi connectivity index (χ1) is 9.06. The molecule has 0 heterocycles. The van der Waals surface area contributed by atoms with Gasteiger partial charge in [0, 0.05) is 24.3 Å². The number of hydrogen-bond donors (Lipinski definition) is 1. The quantitative estimate of drug-likeness (QED) is 0.857. The van der Waals surface area contributed by atoms with Gasteiger partial charge >= 0.3 is 0 Å². The molecule has 0 atom stereocenters. The van der Waals surface area contributed by atoms with Crippen LogP contribution in [0, 0.1) is 11.6 Å². The number of rotatable bonds is 4. The third-order valence-corrected chi connectivity index (χ3v) is 2.88. The van der Waals surface area contributed by atoms with Crippen LogP contribution in [-0.4, -0.2) is 11.9 Å². The maximum atomic E-state index is 13.5. The van der Waals surface area contributed by atoms with Crippen LogP contribution in [0.15, 0.2) is 42.5 Å². The fourth-order valence-electron chi connectivity index (χ4n) is 2.02. The van der Waals surface area contributed by atoms with E-state index in [0.717, 1.165) is 11.6 Å². The molecule has 19 heavy (non-hydrogen) atoms. The molecule has 0 saturated carbocycles. The van der Waals surface area contributed by atoms with Gasteiger partial charge in [0.15, 0.2) is 11.6 Å². The second-order valence-electron chi connectivity index (χ2n) is 4.63. The Bertz CT molecular complexity index is 570. The summed E-state index contributed by atoms with van der Waals surface area (Å²) in [5, 5.41) is 0. The molecule has 0 aromatic heterocycles. The topological polar surface area (TPSA) is 29.3 Å². The Kier molecular flexibility index (Phi) is 4.12. The zero-order chi connectivity index (χ0) is 13.8. The van der Waals surface area contributed by atoms with E-state index in [1.807, 2.05) is 36.2 Å². The van der Waals surface area contributed by atoms with Gasteiger partial charge < -0.3 is 5.73 Å². The monoisotopic (exact) mass is 262 g/mol. The lowest BCUT2D eigenvalue weighted by Gasteiger charge is -2.17. The first kappa shape index (κ1) is 13.5. The van der Waals surface area contributed by atoms with Gasteiger partial charge in [0.05, 0.1) is 0 Å². The van der Waals surface area contributed by atoms with Crippen LogP contribution in [0.25, 0.3) is 0 Å². The van der Waals surface area contributed by atoms with E-state index in [9.17, 15) is 8.78 Å². The summed E-state index contributed by atoms with van der Waals surface area (Å²) in [5.74, 6) is -1.59. The lowest BCUT2D eigenvalue weighted by molar-refractivity contribution is 0.311. The Hall–Kier alpha value is -1.94. The van der Waals surface area contributed by atoms with E-state index >= 15 is 0 Å². The summed E-state index contributed by atoms with van der Waals surface area (Å²) in [5.41, 5.74) is 7.79. The molecule has 2 N–H and O–H groups in total. The average Bonchev–Trinajstić information content (AvgIpc) is 2.35. The molecule has 2 aromatic carbocycles. The summed E-state index contributed by atoms with van der Waals surface area (Å²) in [4.78, 5) is 1.91. The Morgan fingerprint density at radius 2 is 1.79 bits per heavy atom. The SMILES string of the molecule is CN(Cc1cccc(N)c1)Cc1cccc(F)c1F. The molecule has 0 amide bonds. The number of anilines is 1. The number of halogens is 2. The highest BCUT2D eigenvalue weighted by Gasteiger charge is 2.10. The number of nitrogen functional groups attached to an aromatic ring is 1. The van der Waals surface area contributed by atoms with Crippen molar-refractivity contribution in [3.8, 4) is 0 Å². The fraction of sp³-hybridized carbons (Fsp3) is 0.200. The molecule has 0 aliphatic heterocycles. The van der Waals surface area contributed by atoms with Crippen molar-refractivity contribution >= 4 is 5.69 Å². The number of nitrogens with zero attached hydrogens (tertiary/aromatic N) is 1. The van der Waals surface area contributed by atoms with E-state index in [-0.39, 0.29) is 0 Å². The Labute approximate surface area is 111 Å². The van der Waals surface area contributed by atoms with E-state index < -0.39 is 11.6 Å². The molecule has 0 fully saturated rings. The molecule has 2 rings (SSSR count). The fourth-order valence-corrected chi connectivity index (χ4v) is 2.02. The van der Waals surface area contributed by atoms with Crippen molar-refractivity contribution in [1.82, 2.24) is 4.90 Å². The Morgan fingerprint density at radius 1 is 1.05 bits per heavy atom. The Morgan fingerprint density at radius 3 is 2.53 bits per heavy atom. The van der Waals surface area contributed by atoms with Crippen molar-refractivity contribution in [3.63, 3.8) is 0 Å². The molecule has 100 valence electrons. The second kappa shape index (κ2) is 5.80. The van der Waals surface area contributed by atoms with Crippen molar-refractivity contribution in [2.24, 2.45) is 0 Å². The molecule has 0 radical (unpaired) electrons. The summed E-state index contributed by atoms with van der Waals surface area (Å²) in [6, 6.07) is 11.7. The highest BCUT2D eigenvalue weighted by Crippen LogP contribution is 2.15. The van der Waals surface area contributed by atoms with Gasteiger partial charge in [0.25, 0.3) is 0 Å². The summed E-state index contributed by atoms with van der Waals surface area (Å²) in [6.07, 6.45) is 0. The van der Waals surface area contributed by atoms with E-state index in [2.05, 4.69) is 0 Å². The molecule has 2 nitrogen and oxygen atoms in total. The van der Waals surface area contributed by atoms with E-state index in [4.69, 9.17) is 5.73 Å². The predicted octanol–water partition coefficient (Wildman–Crippen LogP) is 3.18. The van der Waals surface area contributed by atoms with Gasteiger partial charge in [-0.3, -0.25) is 4.90 Å². The largest absolute Gasteiger partial charge is 0.399 e.